The van der Waals surface area contributed by atoms with Gasteiger partial charge in [-0.2, -0.15) is 17.0 Å². The number of hydrogen-bond acceptors (Lipinski definition) is 4. The molecule has 0 spiro atoms. The van der Waals surface area contributed by atoms with Gasteiger partial charge in [-0.3, -0.25) is 4.90 Å². The molecule has 0 radical (unpaired) electrons. The molecule has 0 N–H and O–H groups in total. The lowest BCUT2D eigenvalue weighted by Crippen LogP contribution is -2.44. The second-order valence-corrected chi connectivity index (χ2v) is 8.30. The molecule has 0 aliphatic carbocycles. The summed E-state index contributed by atoms with van der Waals surface area (Å²) >= 11 is 0. The van der Waals surface area contributed by atoms with Crippen LogP contribution in [0.3, 0.4) is 0 Å². The van der Waals surface area contributed by atoms with Gasteiger partial charge in [0.05, 0.1) is 0 Å². The van der Waals surface area contributed by atoms with Crippen molar-refractivity contribution < 1.29 is 13.2 Å². The molecule has 24 heavy (non-hydrogen) atoms. The smallest absolute Gasteiger partial charge is 0.282 e. The van der Waals surface area contributed by atoms with E-state index in [1.54, 1.807) is 8.61 Å². The number of ether oxygens (including phenoxy) is 1. The molecular formula is C17H27N3O3S. The van der Waals surface area contributed by atoms with Crippen LogP contribution in [0.15, 0.2) is 30.3 Å². The lowest BCUT2D eigenvalue weighted by atomic mass is 10.3. The summed E-state index contributed by atoms with van der Waals surface area (Å²) in [5.41, 5.74) is 0. The Balaban J connectivity index is 1.46. The molecule has 3 rings (SSSR count). The van der Waals surface area contributed by atoms with E-state index >= 15 is 0 Å². The van der Waals surface area contributed by atoms with Gasteiger partial charge in [-0.05, 0) is 37.9 Å². The van der Waals surface area contributed by atoms with Gasteiger partial charge in [0, 0.05) is 39.3 Å². The number of nitrogens with zero attached hydrogens (tertiary/aromatic N) is 3. The van der Waals surface area contributed by atoms with Gasteiger partial charge in [0.25, 0.3) is 10.2 Å². The Hall–Kier alpha value is -1.15. The van der Waals surface area contributed by atoms with Crippen molar-refractivity contribution in [1.29, 1.82) is 0 Å². The van der Waals surface area contributed by atoms with Gasteiger partial charge in [-0.1, -0.05) is 18.2 Å². The SMILES string of the molecule is O=S(=O)(N1CCCC1)N1CCCN(CCOc2ccccc2)CC1. The van der Waals surface area contributed by atoms with Gasteiger partial charge >= 0.3 is 0 Å². The summed E-state index contributed by atoms with van der Waals surface area (Å²) in [4.78, 5) is 2.29. The first-order valence-electron chi connectivity index (χ1n) is 8.82. The van der Waals surface area contributed by atoms with Crippen LogP contribution in [-0.2, 0) is 10.2 Å². The highest BCUT2D eigenvalue weighted by Crippen LogP contribution is 2.18. The molecule has 0 unspecified atom stereocenters. The van der Waals surface area contributed by atoms with Crippen LogP contribution in [0.2, 0.25) is 0 Å². The van der Waals surface area contributed by atoms with Crippen molar-refractivity contribution in [3.05, 3.63) is 30.3 Å². The van der Waals surface area contributed by atoms with Crippen molar-refractivity contribution in [2.24, 2.45) is 0 Å². The highest BCUT2D eigenvalue weighted by Gasteiger charge is 2.32. The largest absolute Gasteiger partial charge is 0.492 e. The molecule has 2 fully saturated rings. The third-order valence-electron chi connectivity index (χ3n) is 4.68. The quantitative estimate of drug-likeness (QED) is 0.776. The van der Waals surface area contributed by atoms with E-state index in [0.717, 1.165) is 44.6 Å². The zero-order chi connectivity index (χ0) is 16.8. The molecular weight excluding hydrogens is 326 g/mol. The normalized spacial score (nSPS) is 21.7. The summed E-state index contributed by atoms with van der Waals surface area (Å²) in [5, 5.41) is 0. The fraction of sp³-hybridized carbons (Fsp3) is 0.647. The van der Waals surface area contributed by atoms with Crippen LogP contribution >= 0.6 is 0 Å². The first-order chi connectivity index (χ1) is 11.7. The first kappa shape index (κ1) is 17.7. The van der Waals surface area contributed by atoms with E-state index in [1.807, 2.05) is 30.3 Å². The minimum Gasteiger partial charge on any atom is -0.492 e. The van der Waals surface area contributed by atoms with Crippen molar-refractivity contribution >= 4 is 10.2 Å². The second kappa shape index (κ2) is 8.29. The Kier molecular flexibility index (Phi) is 6.10. The molecule has 134 valence electrons. The Morgan fingerprint density at radius 1 is 0.833 bits per heavy atom. The molecule has 0 saturated carbocycles. The molecule has 0 atom stereocenters. The summed E-state index contributed by atoms with van der Waals surface area (Å²) in [7, 11) is -3.26. The molecule has 0 aromatic heterocycles. The van der Waals surface area contributed by atoms with E-state index in [-0.39, 0.29) is 0 Å². The highest BCUT2D eigenvalue weighted by molar-refractivity contribution is 7.86. The molecule has 6 nitrogen and oxygen atoms in total. The number of para-hydroxylation sites is 1. The van der Waals surface area contributed by atoms with E-state index in [4.69, 9.17) is 4.74 Å². The van der Waals surface area contributed by atoms with Gasteiger partial charge in [0.2, 0.25) is 0 Å². The zero-order valence-electron chi connectivity index (χ0n) is 14.1. The van der Waals surface area contributed by atoms with Crippen molar-refractivity contribution in [2.75, 3.05) is 52.4 Å². The fourth-order valence-corrected chi connectivity index (χ4v) is 5.01. The molecule has 1 aromatic carbocycles. The molecule has 2 saturated heterocycles. The van der Waals surface area contributed by atoms with Crippen molar-refractivity contribution in [2.45, 2.75) is 19.3 Å². The maximum atomic E-state index is 12.7. The van der Waals surface area contributed by atoms with E-state index in [0.29, 0.717) is 32.8 Å². The summed E-state index contributed by atoms with van der Waals surface area (Å²) in [5.74, 6) is 0.880. The molecule has 0 amide bonds. The topological polar surface area (TPSA) is 53.1 Å². The molecule has 7 heteroatoms. The summed E-state index contributed by atoms with van der Waals surface area (Å²) in [6.07, 6.45) is 2.84. The molecule has 2 aliphatic heterocycles. The zero-order valence-corrected chi connectivity index (χ0v) is 15.0. The van der Waals surface area contributed by atoms with E-state index in [9.17, 15) is 8.42 Å². The van der Waals surface area contributed by atoms with Crippen LogP contribution in [0.25, 0.3) is 0 Å². The van der Waals surface area contributed by atoms with Gasteiger partial charge in [0.15, 0.2) is 0 Å². The number of benzene rings is 1. The van der Waals surface area contributed by atoms with Crippen LogP contribution in [0.1, 0.15) is 19.3 Å². The van der Waals surface area contributed by atoms with Crippen LogP contribution in [0.4, 0.5) is 0 Å². The third kappa shape index (κ3) is 4.47. The predicted octanol–water partition coefficient (Wildman–Crippen LogP) is 1.41. The summed E-state index contributed by atoms with van der Waals surface area (Å²) < 4.78 is 34.4. The predicted molar refractivity (Wildman–Crippen MR) is 94.3 cm³/mol. The highest BCUT2D eigenvalue weighted by atomic mass is 32.2. The van der Waals surface area contributed by atoms with Crippen LogP contribution in [-0.4, -0.2) is 74.3 Å². The van der Waals surface area contributed by atoms with Gasteiger partial charge in [0.1, 0.15) is 12.4 Å². The van der Waals surface area contributed by atoms with Crippen LogP contribution in [0.5, 0.6) is 5.75 Å². The van der Waals surface area contributed by atoms with E-state index in [1.165, 1.54) is 0 Å². The van der Waals surface area contributed by atoms with Gasteiger partial charge in [-0.25, -0.2) is 0 Å². The minimum atomic E-state index is -3.26. The molecule has 2 aliphatic rings. The number of hydrogen-bond donors (Lipinski definition) is 0. The Labute approximate surface area is 145 Å². The summed E-state index contributed by atoms with van der Waals surface area (Å²) in [6.45, 7) is 5.69. The molecule has 1 aromatic rings. The standard InChI is InChI=1S/C17H27N3O3S/c21-24(22,19-10-4-5-11-19)20-12-6-9-18(13-14-20)15-16-23-17-7-2-1-3-8-17/h1-3,7-8H,4-6,9-16H2. The van der Waals surface area contributed by atoms with Gasteiger partial charge in [-0.15, -0.1) is 0 Å². The third-order valence-corrected chi connectivity index (χ3v) is 6.72. The second-order valence-electron chi connectivity index (χ2n) is 6.37. The lowest BCUT2D eigenvalue weighted by Gasteiger charge is -2.26. The molecule has 2 heterocycles. The van der Waals surface area contributed by atoms with E-state index in [2.05, 4.69) is 4.90 Å². The minimum absolute atomic E-state index is 0.574. The van der Waals surface area contributed by atoms with Crippen molar-refractivity contribution in [3.63, 3.8) is 0 Å². The average molecular weight is 353 g/mol. The maximum absolute atomic E-state index is 12.7. The maximum Gasteiger partial charge on any atom is 0.282 e. The summed E-state index contributed by atoms with van der Waals surface area (Å²) in [6, 6.07) is 9.79. The van der Waals surface area contributed by atoms with Crippen LogP contribution < -0.4 is 4.74 Å². The van der Waals surface area contributed by atoms with Crippen molar-refractivity contribution in [1.82, 2.24) is 13.5 Å². The number of rotatable bonds is 6. The fourth-order valence-electron chi connectivity index (χ4n) is 3.29. The average Bonchev–Trinajstić information content (AvgIpc) is 3.03. The van der Waals surface area contributed by atoms with Gasteiger partial charge < -0.3 is 4.74 Å². The monoisotopic (exact) mass is 353 g/mol. The Bertz CT molecular complexity index is 603. The lowest BCUT2D eigenvalue weighted by molar-refractivity contribution is 0.215. The Morgan fingerprint density at radius 2 is 1.50 bits per heavy atom. The van der Waals surface area contributed by atoms with E-state index < -0.39 is 10.2 Å². The first-order valence-corrected chi connectivity index (χ1v) is 10.2. The van der Waals surface area contributed by atoms with Crippen molar-refractivity contribution in [3.8, 4) is 5.75 Å². The van der Waals surface area contributed by atoms with Crippen LogP contribution in [0, 0.1) is 0 Å². The molecule has 0 bridgehead atoms. The Morgan fingerprint density at radius 3 is 2.25 bits per heavy atom.